The Hall–Kier alpha value is -1.43. The van der Waals surface area contributed by atoms with E-state index in [0.29, 0.717) is 10.3 Å². The molecular formula is C9H9BrN2O3. The molecule has 0 saturated heterocycles. The molecule has 1 heterocycles. The standard InChI is InChI=1S/C9H9BrN2O3/c1-5(13)11-8-4-3-7(10)9(12-8)15-6(2)14/h3-4H,1-2H3,(H,11,12,13). The van der Waals surface area contributed by atoms with E-state index in [0.717, 1.165) is 0 Å². The van der Waals surface area contributed by atoms with Crippen molar-refractivity contribution >= 4 is 33.6 Å². The Morgan fingerprint density at radius 3 is 2.60 bits per heavy atom. The average molecular weight is 273 g/mol. The van der Waals surface area contributed by atoms with Gasteiger partial charge in [-0.15, -0.1) is 0 Å². The zero-order valence-corrected chi connectivity index (χ0v) is 9.79. The van der Waals surface area contributed by atoms with Gasteiger partial charge in [0.25, 0.3) is 0 Å². The fourth-order valence-corrected chi connectivity index (χ4v) is 1.18. The number of anilines is 1. The monoisotopic (exact) mass is 272 g/mol. The molecule has 15 heavy (non-hydrogen) atoms. The van der Waals surface area contributed by atoms with Crippen LogP contribution in [0.3, 0.4) is 0 Å². The van der Waals surface area contributed by atoms with Crippen LogP contribution in [0.15, 0.2) is 16.6 Å². The number of pyridine rings is 1. The molecule has 0 aliphatic carbocycles. The minimum atomic E-state index is -0.469. The molecule has 6 heteroatoms. The van der Waals surface area contributed by atoms with Crippen LogP contribution in [-0.2, 0) is 9.59 Å². The van der Waals surface area contributed by atoms with Crippen LogP contribution in [0.25, 0.3) is 0 Å². The van der Waals surface area contributed by atoms with Crippen LogP contribution >= 0.6 is 15.9 Å². The van der Waals surface area contributed by atoms with Crippen molar-refractivity contribution in [2.45, 2.75) is 13.8 Å². The van der Waals surface area contributed by atoms with E-state index in [-0.39, 0.29) is 11.8 Å². The lowest BCUT2D eigenvalue weighted by Gasteiger charge is -2.05. The van der Waals surface area contributed by atoms with Crippen molar-refractivity contribution in [1.29, 1.82) is 0 Å². The van der Waals surface area contributed by atoms with Gasteiger partial charge in [-0.2, -0.15) is 4.98 Å². The smallest absolute Gasteiger partial charge is 0.309 e. The van der Waals surface area contributed by atoms with Crippen LogP contribution in [-0.4, -0.2) is 16.9 Å². The summed E-state index contributed by atoms with van der Waals surface area (Å²) in [5.41, 5.74) is 0. The van der Waals surface area contributed by atoms with Crippen LogP contribution in [0, 0.1) is 0 Å². The molecule has 80 valence electrons. The predicted octanol–water partition coefficient (Wildman–Crippen LogP) is 1.73. The van der Waals surface area contributed by atoms with Crippen LogP contribution in [0.2, 0.25) is 0 Å². The normalized spacial score (nSPS) is 9.53. The lowest BCUT2D eigenvalue weighted by Crippen LogP contribution is -2.09. The first-order chi connectivity index (χ1) is 6.99. The topological polar surface area (TPSA) is 68.3 Å². The molecule has 0 aromatic carbocycles. The van der Waals surface area contributed by atoms with E-state index in [1.165, 1.54) is 13.8 Å². The molecule has 0 unspecified atom stereocenters. The number of nitrogens with one attached hydrogen (secondary N) is 1. The van der Waals surface area contributed by atoms with Gasteiger partial charge in [0.05, 0.1) is 4.47 Å². The molecule has 0 bridgehead atoms. The number of carbonyl (C=O) groups is 2. The Kier molecular flexibility index (Phi) is 3.79. The number of amides is 1. The molecule has 0 aliphatic rings. The van der Waals surface area contributed by atoms with Crippen LogP contribution in [0.1, 0.15) is 13.8 Å². The third-order valence-electron chi connectivity index (χ3n) is 1.36. The molecule has 1 rings (SSSR count). The number of hydrogen-bond acceptors (Lipinski definition) is 4. The first kappa shape index (κ1) is 11.6. The van der Waals surface area contributed by atoms with Gasteiger partial charge in [0.2, 0.25) is 11.8 Å². The van der Waals surface area contributed by atoms with Crippen molar-refractivity contribution in [2.24, 2.45) is 0 Å². The lowest BCUT2D eigenvalue weighted by atomic mass is 10.4. The van der Waals surface area contributed by atoms with Gasteiger partial charge < -0.3 is 10.1 Å². The zero-order valence-electron chi connectivity index (χ0n) is 8.20. The summed E-state index contributed by atoms with van der Waals surface area (Å²) in [5.74, 6) is -0.238. The second kappa shape index (κ2) is 4.88. The van der Waals surface area contributed by atoms with Crippen molar-refractivity contribution < 1.29 is 14.3 Å². The molecular weight excluding hydrogens is 264 g/mol. The average Bonchev–Trinajstić information content (AvgIpc) is 2.09. The highest BCUT2D eigenvalue weighted by molar-refractivity contribution is 9.10. The van der Waals surface area contributed by atoms with E-state index in [9.17, 15) is 9.59 Å². The fourth-order valence-electron chi connectivity index (χ4n) is 0.881. The van der Waals surface area contributed by atoms with E-state index < -0.39 is 5.97 Å². The number of ether oxygens (including phenoxy) is 1. The Labute approximate surface area is 95.0 Å². The summed E-state index contributed by atoms with van der Waals surface area (Å²) < 4.78 is 5.37. The number of rotatable bonds is 2. The Bertz CT molecular complexity index is 406. The van der Waals surface area contributed by atoms with Crippen molar-refractivity contribution in [3.63, 3.8) is 0 Å². The maximum Gasteiger partial charge on any atom is 0.309 e. The van der Waals surface area contributed by atoms with Crippen molar-refractivity contribution in [1.82, 2.24) is 4.98 Å². The second-order valence-corrected chi connectivity index (χ2v) is 3.61. The molecule has 0 radical (unpaired) electrons. The Morgan fingerprint density at radius 1 is 1.40 bits per heavy atom. The highest BCUT2D eigenvalue weighted by atomic mass is 79.9. The summed E-state index contributed by atoms with van der Waals surface area (Å²) in [6.45, 7) is 2.65. The number of hydrogen-bond donors (Lipinski definition) is 1. The highest BCUT2D eigenvalue weighted by Gasteiger charge is 2.07. The van der Waals surface area contributed by atoms with Gasteiger partial charge in [-0.3, -0.25) is 9.59 Å². The number of esters is 1. The maximum atomic E-state index is 10.8. The molecule has 0 atom stereocenters. The molecule has 5 nitrogen and oxygen atoms in total. The summed E-state index contributed by atoms with van der Waals surface area (Å²) in [6, 6.07) is 3.23. The molecule has 1 aromatic heterocycles. The fraction of sp³-hybridized carbons (Fsp3) is 0.222. The van der Waals surface area contributed by atoms with Gasteiger partial charge in [-0.05, 0) is 28.1 Å². The largest absolute Gasteiger partial charge is 0.406 e. The lowest BCUT2D eigenvalue weighted by molar-refractivity contribution is -0.132. The van der Waals surface area contributed by atoms with Crippen LogP contribution < -0.4 is 10.1 Å². The van der Waals surface area contributed by atoms with Crippen LogP contribution in [0.5, 0.6) is 5.88 Å². The van der Waals surface area contributed by atoms with Gasteiger partial charge in [0.1, 0.15) is 5.82 Å². The Balaban J connectivity index is 2.94. The van der Waals surface area contributed by atoms with Gasteiger partial charge in [-0.25, -0.2) is 0 Å². The summed E-state index contributed by atoms with van der Waals surface area (Å²) >= 11 is 3.17. The third-order valence-corrected chi connectivity index (χ3v) is 1.96. The quantitative estimate of drug-likeness (QED) is 0.833. The van der Waals surface area contributed by atoms with Gasteiger partial charge in [0, 0.05) is 13.8 Å². The summed E-state index contributed by atoms with van der Waals surface area (Å²) in [4.78, 5) is 25.4. The van der Waals surface area contributed by atoms with Crippen molar-refractivity contribution in [3.8, 4) is 5.88 Å². The minimum absolute atomic E-state index is 0.133. The molecule has 1 aromatic rings. The number of halogens is 1. The summed E-state index contributed by atoms with van der Waals surface area (Å²) in [7, 11) is 0. The van der Waals surface area contributed by atoms with E-state index in [4.69, 9.17) is 4.74 Å². The van der Waals surface area contributed by atoms with Gasteiger partial charge in [-0.1, -0.05) is 0 Å². The summed E-state index contributed by atoms with van der Waals surface area (Å²) in [6.07, 6.45) is 0. The maximum absolute atomic E-state index is 10.8. The third kappa shape index (κ3) is 3.67. The van der Waals surface area contributed by atoms with Gasteiger partial charge >= 0.3 is 5.97 Å². The molecule has 0 fully saturated rings. The SMILES string of the molecule is CC(=O)Nc1ccc(Br)c(OC(C)=O)n1. The molecule has 0 saturated carbocycles. The van der Waals surface area contributed by atoms with Crippen molar-refractivity contribution in [3.05, 3.63) is 16.6 Å². The van der Waals surface area contributed by atoms with Crippen LogP contribution in [0.4, 0.5) is 5.82 Å². The molecule has 0 spiro atoms. The highest BCUT2D eigenvalue weighted by Crippen LogP contribution is 2.24. The predicted molar refractivity (Wildman–Crippen MR) is 57.5 cm³/mol. The van der Waals surface area contributed by atoms with E-state index in [2.05, 4.69) is 26.2 Å². The first-order valence-electron chi connectivity index (χ1n) is 4.11. The number of aromatic nitrogens is 1. The summed E-state index contributed by atoms with van der Waals surface area (Å²) in [5, 5.41) is 2.48. The van der Waals surface area contributed by atoms with E-state index >= 15 is 0 Å². The molecule has 0 aliphatic heterocycles. The van der Waals surface area contributed by atoms with Crippen molar-refractivity contribution in [2.75, 3.05) is 5.32 Å². The number of nitrogens with zero attached hydrogens (tertiary/aromatic N) is 1. The first-order valence-corrected chi connectivity index (χ1v) is 4.91. The minimum Gasteiger partial charge on any atom is -0.406 e. The van der Waals surface area contributed by atoms with E-state index in [1.54, 1.807) is 12.1 Å². The second-order valence-electron chi connectivity index (χ2n) is 2.76. The molecule has 1 amide bonds. The Morgan fingerprint density at radius 2 is 2.07 bits per heavy atom. The number of carbonyl (C=O) groups excluding carboxylic acids is 2. The molecule has 1 N–H and O–H groups in total. The van der Waals surface area contributed by atoms with E-state index in [1.807, 2.05) is 0 Å². The zero-order chi connectivity index (χ0) is 11.4. The van der Waals surface area contributed by atoms with Gasteiger partial charge in [0.15, 0.2) is 0 Å².